The van der Waals surface area contributed by atoms with Crippen LogP contribution in [0.4, 0.5) is 0 Å². The Morgan fingerprint density at radius 1 is 1.22 bits per heavy atom. The second-order valence-corrected chi connectivity index (χ2v) is 10.1. The van der Waals surface area contributed by atoms with Crippen LogP contribution in [0.3, 0.4) is 0 Å². The molecule has 194 valence electrons. The van der Waals surface area contributed by atoms with Gasteiger partial charge in [-0.1, -0.05) is 23.7 Å². The van der Waals surface area contributed by atoms with Crippen LogP contribution in [-0.4, -0.2) is 28.0 Å². The van der Waals surface area contributed by atoms with Crippen molar-refractivity contribution in [1.29, 1.82) is 0 Å². The van der Waals surface area contributed by atoms with Crippen molar-refractivity contribution in [2.45, 2.75) is 39.1 Å². The summed E-state index contributed by atoms with van der Waals surface area (Å²) in [4.78, 5) is 38.9. The predicted molar refractivity (Wildman–Crippen MR) is 143 cm³/mol. The van der Waals surface area contributed by atoms with E-state index in [0.29, 0.717) is 40.5 Å². The van der Waals surface area contributed by atoms with Crippen LogP contribution in [0.2, 0.25) is 5.02 Å². The van der Waals surface area contributed by atoms with Gasteiger partial charge >= 0.3 is 0 Å². The van der Waals surface area contributed by atoms with E-state index in [1.54, 1.807) is 41.0 Å². The Kier molecular flexibility index (Phi) is 8.45. The van der Waals surface area contributed by atoms with Crippen LogP contribution in [0.25, 0.3) is 10.2 Å². The molecule has 0 aliphatic heterocycles. The van der Waals surface area contributed by atoms with Crippen LogP contribution in [0, 0.1) is 6.92 Å². The maximum Gasteiger partial charge on any atom is 0.257 e. The van der Waals surface area contributed by atoms with Gasteiger partial charge in [-0.05, 0) is 55.3 Å². The summed E-state index contributed by atoms with van der Waals surface area (Å²) in [7, 11) is 0. The third-order valence-corrected chi connectivity index (χ3v) is 7.46. The summed E-state index contributed by atoms with van der Waals surface area (Å²) in [6, 6.07) is 10.4. The van der Waals surface area contributed by atoms with Gasteiger partial charge < -0.3 is 30.5 Å². The molecule has 0 saturated carbocycles. The minimum absolute atomic E-state index is 0.0648. The zero-order valence-electron chi connectivity index (χ0n) is 20.1. The quantitative estimate of drug-likeness (QED) is 0.214. The molecule has 0 bridgehead atoms. The Balaban J connectivity index is 1.54. The third-order valence-electron chi connectivity index (χ3n) is 5.93. The number of carbonyl (C=O) groups excluding carboxylic acids is 2. The SMILES string of the molecule is Cc1c(CNCCC(O)c2ccco2)sc2c(=O)c(C(=O)NCc3ccc(Cl)cc3)cn(CC(N)=O)c12. The van der Waals surface area contributed by atoms with Gasteiger partial charge in [-0.3, -0.25) is 14.4 Å². The molecule has 0 saturated heterocycles. The predicted octanol–water partition coefficient (Wildman–Crippen LogP) is 3.25. The monoisotopic (exact) mass is 542 g/mol. The fraction of sp³-hybridized carbons (Fsp3) is 0.269. The van der Waals surface area contributed by atoms with Crippen molar-refractivity contribution in [2.75, 3.05) is 6.54 Å². The van der Waals surface area contributed by atoms with E-state index in [1.165, 1.54) is 23.8 Å². The fourth-order valence-corrected chi connectivity index (χ4v) is 5.38. The molecule has 1 atom stereocenters. The number of aryl methyl sites for hydroxylation is 1. The fourth-order valence-electron chi connectivity index (χ4n) is 4.02. The number of pyridine rings is 1. The number of carbonyl (C=O) groups is 2. The van der Waals surface area contributed by atoms with E-state index in [1.807, 2.05) is 6.92 Å². The Morgan fingerprint density at radius 3 is 2.65 bits per heavy atom. The number of rotatable bonds is 11. The summed E-state index contributed by atoms with van der Waals surface area (Å²) in [5.74, 6) is -0.627. The van der Waals surface area contributed by atoms with Crippen LogP contribution in [0.15, 0.2) is 58.1 Å². The molecule has 4 aromatic rings. The van der Waals surface area contributed by atoms with Gasteiger partial charge in [0.2, 0.25) is 11.3 Å². The molecule has 2 amide bonds. The number of hydrogen-bond donors (Lipinski definition) is 4. The minimum Gasteiger partial charge on any atom is -0.467 e. The van der Waals surface area contributed by atoms with Crippen LogP contribution in [0.5, 0.6) is 0 Å². The van der Waals surface area contributed by atoms with Crippen molar-refractivity contribution in [3.05, 3.63) is 91.4 Å². The summed E-state index contributed by atoms with van der Waals surface area (Å²) in [6.07, 6.45) is 2.64. The first-order chi connectivity index (χ1) is 17.7. The van der Waals surface area contributed by atoms with Crippen molar-refractivity contribution >= 4 is 45.0 Å². The summed E-state index contributed by atoms with van der Waals surface area (Å²) in [5.41, 5.74) is 7.22. The topological polar surface area (TPSA) is 140 Å². The van der Waals surface area contributed by atoms with Crippen molar-refractivity contribution < 1.29 is 19.1 Å². The molecular formula is C26H27ClN4O5S. The molecule has 0 spiro atoms. The Hall–Kier alpha value is -3.44. The number of halogens is 1. The van der Waals surface area contributed by atoms with Gasteiger partial charge in [-0.15, -0.1) is 11.3 Å². The average Bonchev–Trinajstić information content (AvgIpc) is 3.52. The minimum atomic E-state index is -0.717. The lowest BCUT2D eigenvalue weighted by molar-refractivity contribution is -0.118. The number of aromatic nitrogens is 1. The van der Waals surface area contributed by atoms with E-state index >= 15 is 0 Å². The number of nitrogens with one attached hydrogen (secondary N) is 2. The van der Waals surface area contributed by atoms with E-state index in [4.69, 9.17) is 21.8 Å². The summed E-state index contributed by atoms with van der Waals surface area (Å²) < 4.78 is 7.16. The molecule has 3 aromatic heterocycles. The van der Waals surface area contributed by atoms with E-state index in [0.717, 1.165) is 16.0 Å². The lowest BCUT2D eigenvalue weighted by atomic mass is 10.1. The van der Waals surface area contributed by atoms with Crippen LogP contribution in [0.1, 0.15) is 44.6 Å². The van der Waals surface area contributed by atoms with Crippen LogP contribution >= 0.6 is 22.9 Å². The number of aliphatic hydroxyl groups is 1. The standard InChI is InChI=1S/C26H27ClN4O5S/c1-15-21(12-29-9-8-19(32)20-3-2-10-36-20)37-25-23(15)31(14-22(28)33)13-18(24(25)34)26(35)30-11-16-4-6-17(27)7-5-16/h2-7,10,13,19,29,32H,8-9,11-12,14H2,1H3,(H2,28,33)(H,30,35). The maximum atomic E-state index is 13.3. The van der Waals surface area contributed by atoms with Crippen molar-refractivity contribution in [2.24, 2.45) is 5.73 Å². The first-order valence-electron chi connectivity index (χ1n) is 11.6. The Morgan fingerprint density at radius 2 is 1.97 bits per heavy atom. The molecular weight excluding hydrogens is 516 g/mol. The molecule has 5 N–H and O–H groups in total. The second kappa shape index (κ2) is 11.7. The largest absolute Gasteiger partial charge is 0.467 e. The first kappa shape index (κ1) is 26.6. The van der Waals surface area contributed by atoms with E-state index < -0.39 is 23.3 Å². The van der Waals surface area contributed by atoms with Crippen LogP contribution in [-0.2, 0) is 24.4 Å². The van der Waals surface area contributed by atoms with Crippen molar-refractivity contribution in [3.63, 3.8) is 0 Å². The highest BCUT2D eigenvalue weighted by Crippen LogP contribution is 2.29. The Labute approximate surface area is 221 Å². The highest BCUT2D eigenvalue weighted by molar-refractivity contribution is 7.19. The third kappa shape index (κ3) is 6.28. The number of fused-ring (bicyclic) bond motifs is 1. The Bertz CT molecular complexity index is 1460. The zero-order valence-corrected chi connectivity index (χ0v) is 21.7. The van der Waals surface area contributed by atoms with Crippen LogP contribution < -0.4 is 21.8 Å². The number of furan rings is 1. The molecule has 0 radical (unpaired) electrons. The van der Waals surface area contributed by atoms with Crippen molar-refractivity contribution in [3.8, 4) is 0 Å². The highest BCUT2D eigenvalue weighted by Gasteiger charge is 2.21. The normalized spacial score (nSPS) is 12.1. The number of primary amides is 1. The van der Waals surface area contributed by atoms with E-state index in [2.05, 4.69) is 10.6 Å². The molecule has 37 heavy (non-hydrogen) atoms. The second-order valence-electron chi connectivity index (χ2n) is 8.60. The molecule has 4 rings (SSSR count). The van der Waals surface area contributed by atoms with Gasteiger partial charge in [0.05, 0.1) is 16.5 Å². The highest BCUT2D eigenvalue weighted by atomic mass is 35.5. The number of amides is 2. The molecule has 9 nitrogen and oxygen atoms in total. The molecule has 11 heteroatoms. The van der Waals surface area contributed by atoms with Gasteiger partial charge in [0.1, 0.15) is 24.0 Å². The lowest BCUT2D eigenvalue weighted by Gasteiger charge is -2.11. The number of nitrogens with zero attached hydrogens (tertiary/aromatic N) is 1. The summed E-state index contributed by atoms with van der Waals surface area (Å²) in [6.45, 7) is 2.87. The number of nitrogens with two attached hydrogens (primary N) is 1. The first-order valence-corrected chi connectivity index (χ1v) is 12.8. The molecule has 1 aromatic carbocycles. The smallest absolute Gasteiger partial charge is 0.257 e. The lowest BCUT2D eigenvalue weighted by Crippen LogP contribution is -2.30. The average molecular weight is 543 g/mol. The summed E-state index contributed by atoms with van der Waals surface area (Å²) >= 11 is 7.18. The summed E-state index contributed by atoms with van der Waals surface area (Å²) in [5, 5.41) is 16.8. The van der Waals surface area contributed by atoms with E-state index in [-0.39, 0.29) is 18.7 Å². The van der Waals surface area contributed by atoms with Gasteiger partial charge in [0, 0.05) is 29.2 Å². The number of aliphatic hydroxyl groups excluding tert-OH is 1. The molecule has 3 heterocycles. The molecule has 1 unspecified atom stereocenters. The molecule has 0 aliphatic carbocycles. The van der Waals surface area contributed by atoms with E-state index in [9.17, 15) is 19.5 Å². The van der Waals surface area contributed by atoms with Gasteiger partial charge in [-0.25, -0.2) is 0 Å². The number of thiophene rings is 1. The van der Waals surface area contributed by atoms with Gasteiger partial charge in [0.15, 0.2) is 0 Å². The zero-order chi connectivity index (χ0) is 26.5. The number of hydrogen-bond acceptors (Lipinski definition) is 7. The maximum absolute atomic E-state index is 13.3. The van der Waals surface area contributed by atoms with Crippen molar-refractivity contribution in [1.82, 2.24) is 15.2 Å². The molecule has 0 aliphatic rings. The van der Waals surface area contributed by atoms with Gasteiger partial charge in [-0.2, -0.15) is 0 Å². The number of benzene rings is 1. The van der Waals surface area contributed by atoms with Gasteiger partial charge in [0.25, 0.3) is 5.91 Å². The molecule has 0 fully saturated rings.